The molecule has 0 rings (SSSR count). The van der Waals surface area contributed by atoms with E-state index in [1.807, 2.05) is 20.8 Å². The molecule has 4 unspecified atom stereocenters. The van der Waals surface area contributed by atoms with E-state index in [0.717, 1.165) is 6.42 Å². The molecule has 0 amide bonds. The minimum Gasteiger partial charge on any atom is -0.396 e. The van der Waals surface area contributed by atoms with Crippen LogP contribution in [0.4, 0.5) is 0 Å². The van der Waals surface area contributed by atoms with Crippen LogP contribution in [0.25, 0.3) is 0 Å². The highest BCUT2D eigenvalue weighted by molar-refractivity contribution is 4.72. The molecule has 0 fully saturated rings. The molecule has 0 aliphatic heterocycles. The molecule has 2 N–H and O–H groups in total. The smallest absolute Gasteiger partial charge is 0.0565 e. The van der Waals surface area contributed by atoms with Crippen molar-refractivity contribution in [1.29, 1.82) is 0 Å². The normalized spacial score (nSPS) is 21.5. The molecule has 12 heavy (non-hydrogen) atoms. The molecule has 2 nitrogen and oxygen atoms in total. The molecule has 74 valence electrons. The number of aliphatic hydroxyl groups excluding tert-OH is 2. The highest BCUT2D eigenvalue weighted by Crippen LogP contribution is 2.24. The van der Waals surface area contributed by atoms with Gasteiger partial charge in [-0.15, -0.1) is 0 Å². The summed E-state index contributed by atoms with van der Waals surface area (Å²) in [5.74, 6) is 0.934. The maximum Gasteiger partial charge on any atom is 0.0565 e. The zero-order valence-electron chi connectivity index (χ0n) is 8.62. The second-order valence-electron chi connectivity index (χ2n) is 3.85. The van der Waals surface area contributed by atoms with Crippen LogP contribution in [0, 0.1) is 17.8 Å². The van der Waals surface area contributed by atoms with Crippen molar-refractivity contribution in [3.63, 3.8) is 0 Å². The van der Waals surface area contributed by atoms with Crippen molar-refractivity contribution in [3.8, 4) is 0 Å². The van der Waals surface area contributed by atoms with Gasteiger partial charge in [0, 0.05) is 6.61 Å². The van der Waals surface area contributed by atoms with Crippen molar-refractivity contribution in [2.45, 2.75) is 40.2 Å². The first-order chi connectivity index (χ1) is 5.54. The lowest BCUT2D eigenvalue weighted by Crippen LogP contribution is -2.28. The maximum atomic E-state index is 9.56. The summed E-state index contributed by atoms with van der Waals surface area (Å²) in [7, 11) is 0. The summed E-state index contributed by atoms with van der Waals surface area (Å²) < 4.78 is 0. The number of rotatable bonds is 5. The second-order valence-corrected chi connectivity index (χ2v) is 3.85. The highest BCUT2D eigenvalue weighted by atomic mass is 16.3. The lowest BCUT2D eigenvalue weighted by atomic mass is 9.81. The van der Waals surface area contributed by atoms with Gasteiger partial charge < -0.3 is 10.2 Å². The van der Waals surface area contributed by atoms with Gasteiger partial charge in [0.25, 0.3) is 0 Å². The Balaban J connectivity index is 3.99. The minimum absolute atomic E-state index is 0.210. The fourth-order valence-corrected chi connectivity index (χ4v) is 1.41. The van der Waals surface area contributed by atoms with Gasteiger partial charge in [0.05, 0.1) is 6.10 Å². The van der Waals surface area contributed by atoms with E-state index in [0.29, 0.717) is 5.92 Å². The molecule has 0 spiro atoms. The van der Waals surface area contributed by atoms with Gasteiger partial charge in [0.2, 0.25) is 0 Å². The fraction of sp³-hybridized carbons (Fsp3) is 1.00. The molecule has 0 heterocycles. The predicted molar refractivity (Wildman–Crippen MR) is 50.9 cm³/mol. The van der Waals surface area contributed by atoms with E-state index in [-0.39, 0.29) is 24.5 Å². The van der Waals surface area contributed by atoms with Crippen molar-refractivity contribution in [2.75, 3.05) is 6.61 Å². The van der Waals surface area contributed by atoms with Crippen molar-refractivity contribution in [1.82, 2.24) is 0 Å². The van der Waals surface area contributed by atoms with Crippen molar-refractivity contribution < 1.29 is 10.2 Å². The van der Waals surface area contributed by atoms with Crippen LogP contribution in [0.3, 0.4) is 0 Å². The Bertz CT molecular complexity index is 100. The third-order valence-corrected chi connectivity index (χ3v) is 3.04. The standard InChI is InChI=1S/C10H22O2/c1-5-10(12)9(4)8(3)7(2)6-11/h7-12H,5-6H2,1-4H3. The molecule has 0 aromatic carbocycles. The molecule has 0 aromatic rings. The molecule has 0 aliphatic carbocycles. The van der Waals surface area contributed by atoms with Gasteiger partial charge in [-0.1, -0.05) is 27.7 Å². The van der Waals surface area contributed by atoms with Gasteiger partial charge in [0.15, 0.2) is 0 Å². The van der Waals surface area contributed by atoms with E-state index in [1.165, 1.54) is 0 Å². The van der Waals surface area contributed by atoms with E-state index >= 15 is 0 Å². The van der Waals surface area contributed by atoms with Gasteiger partial charge in [-0.25, -0.2) is 0 Å². The predicted octanol–water partition coefficient (Wildman–Crippen LogP) is 1.66. The molecular weight excluding hydrogens is 152 g/mol. The van der Waals surface area contributed by atoms with Crippen LogP contribution in [-0.2, 0) is 0 Å². The summed E-state index contributed by atoms with van der Waals surface area (Å²) in [6, 6.07) is 0. The SMILES string of the molecule is CCC(O)C(C)C(C)C(C)CO. The Morgan fingerprint density at radius 3 is 1.92 bits per heavy atom. The zero-order chi connectivity index (χ0) is 9.72. The highest BCUT2D eigenvalue weighted by Gasteiger charge is 2.23. The van der Waals surface area contributed by atoms with Crippen LogP contribution < -0.4 is 0 Å². The zero-order valence-corrected chi connectivity index (χ0v) is 8.62. The summed E-state index contributed by atoms with van der Waals surface area (Å²) in [6.07, 6.45) is 0.568. The van der Waals surface area contributed by atoms with E-state index in [4.69, 9.17) is 5.11 Å². The Hall–Kier alpha value is -0.0800. The molecule has 0 saturated heterocycles. The molecule has 0 radical (unpaired) electrons. The number of hydrogen-bond donors (Lipinski definition) is 2. The third kappa shape index (κ3) is 3.11. The van der Waals surface area contributed by atoms with E-state index < -0.39 is 0 Å². The summed E-state index contributed by atoms with van der Waals surface area (Å²) in [4.78, 5) is 0. The average Bonchev–Trinajstić information content (AvgIpc) is 2.12. The summed E-state index contributed by atoms with van der Waals surface area (Å²) in [5, 5.41) is 18.5. The second kappa shape index (κ2) is 5.55. The van der Waals surface area contributed by atoms with Gasteiger partial charge in [0.1, 0.15) is 0 Å². The lowest BCUT2D eigenvalue weighted by Gasteiger charge is -2.28. The largest absolute Gasteiger partial charge is 0.396 e. The average molecular weight is 174 g/mol. The molecule has 0 aromatic heterocycles. The molecule has 4 atom stereocenters. The topological polar surface area (TPSA) is 40.5 Å². The van der Waals surface area contributed by atoms with Crippen molar-refractivity contribution in [2.24, 2.45) is 17.8 Å². The van der Waals surface area contributed by atoms with Crippen LogP contribution in [0.15, 0.2) is 0 Å². The number of aliphatic hydroxyl groups is 2. The van der Waals surface area contributed by atoms with Crippen molar-refractivity contribution >= 4 is 0 Å². The Kier molecular flexibility index (Phi) is 5.51. The summed E-state index contributed by atoms with van der Waals surface area (Å²) in [6.45, 7) is 8.35. The van der Waals surface area contributed by atoms with Crippen LogP contribution in [-0.4, -0.2) is 22.9 Å². The lowest BCUT2D eigenvalue weighted by molar-refractivity contribution is 0.0541. The number of hydrogen-bond acceptors (Lipinski definition) is 2. The summed E-state index contributed by atoms with van der Waals surface area (Å²) >= 11 is 0. The maximum absolute atomic E-state index is 9.56. The van der Waals surface area contributed by atoms with Gasteiger partial charge in [-0.2, -0.15) is 0 Å². The fourth-order valence-electron chi connectivity index (χ4n) is 1.41. The van der Waals surface area contributed by atoms with E-state index in [1.54, 1.807) is 0 Å². The van der Waals surface area contributed by atoms with E-state index in [2.05, 4.69) is 6.92 Å². The molecule has 2 heteroatoms. The Morgan fingerprint density at radius 1 is 1.08 bits per heavy atom. The monoisotopic (exact) mass is 174 g/mol. The molecule has 0 bridgehead atoms. The Labute approximate surface area is 75.6 Å². The molecule has 0 aliphatic rings. The first kappa shape index (κ1) is 11.9. The van der Waals surface area contributed by atoms with Gasteiger partial charge in [-0.05, 0) is 24.2 Å². The molecular formula is C10H22O2. The first-order valence-corrected chi connectivity index (χ1v) is 4.83. The van der Waals surface area contributed by atoms with E-state index in [9.17, 15) is 5.11 Å². The summed E-state index contributed by atoms with van der Waals surface area (Å²) in [5.41, 5.74) is 0. The Morgan fingerprint density at radius 2 is 1.58 bits per heavy atom. The van der Waals surface area contributed by atoms with Crippen molar-refractivity contribution in [3.05, 3.63) is 0 Å². The quantitative estimate of drug-likeness (QED) is 0.665. The molecule has 0 saturated carbocycles. The van der Waals surface area contributed by atoms with Gasteiger partial charge >= 0.3 is 0 Å². The van der Waals surface area contributed by atoms with Crippen LogP contribution in [0.2, 0.25) is 0 Å². The van der Waals surface area contributed by atoms with Crippen LogP contribution in [0.5, 0.6) is 0 Å². The van der Waals surface area contributed by atoms with Crippen LogP contribution in [0.1, 0.15) is 34.1 Å². The van der Waals surface area contributed by atoms with Crippen LogP contribution >= 0.6 is 0 Å². The minimum atomic E-state index is -0.228. The first-order valence-electron chi connectivity index (χ1n) is 4.83. The third-order valence-electron chi connectivity index (χ3n) is 3.04. The van der Waals surface area contributed by atoms with Gasteiger partial charge in [-0.3, -0.25) is 0 Å².